The van der Waals surface area contributed by atoms with Crippen molar-refractivity contribution in [2.24, 2.45) is 5.92 Å². The highest BCUT2D eigenvalue weighted by Crippen LogP contribution is 2.20. The smallest absolute Gasteiger partial charge is 0.259 e. The van der Waals surface area contributed by atoms with Gasteiger partial charge in [-0.2, -0.15) is 0 Å². The van der Waals surface area contributed by atoms with E-state index in [-0.39, 0.29) is 23.0 Å². The van der Waals surface area contributed by atoms with Crippen molar-refractivity contribution in [2.45, 2.75) is 33.2 Å². The van der Waals surface area contributed by atoms with Gasteiger partial charge in [0.2, 0.25) is 0 Å². The molecule has 78 valence electrons. The number of allylic oxidation sites excluding steroid dienone is 1. The summed E-state index contributed by atoms with van der Waals surface area (Å²) in [7, 11) is 0. The normalized spacial score (nSPS) is 27.5. The number of nitrogens with one attached hydrogen (secondary N) is 1. The lowest BCUT2D eigenvalue weighted by Crippen LogP contribution is -2.35. The third-order valence-electron chi connectivity index (χ3n) is 2.62. The standard InChI is InChI=1S/C10H15NO3/c1-4-5(2)8-9(13)7(6(3)12)10(14)11-8/h5,8,12H,4H2,1-3H3,(H,11,14)/t5-,8-/m0/s1. The van der Waals surface area contributed by atoms with Crippen LogP contribution in [0.1, 0.15) is 27.2 Å². The van der Waals surface area contributed by atoms with E-state index in [1.165, 1.54) is 6.92 Å². The zero-order chi connectivity index (χ0) is 10.9. The number of ketones is 1. The van der Waals surface area contributed by atoms with E-state index < -0.39 is 11.9 Å². The second-order valence-corrected chi connectivity index (χ2v) is 3.66. The number of Topliss-reactive ketones (excluding diaryl/α,β-unsaturated/α-hetero) is 1. The molecule has 0 radical (unpaired) electrons. The van der Waals surface area contributed by atoms with Crippen LogP contribution >= 0.6 is 0 Å². The molecule has 4 heteroatoms. The monoisotopic (exact) mass is 197 g/mol. The first-order chi connectivity index (χ1) is 6.49. The quantitative estimate of drug-likeness (QED) is 0.393. The fourth-order valence-corrected chi connectivity index (χ4v) is 1.53. The lowest BCUT2D eigenvalue weighted by molar-refractivity contribution is -0.117. The van der Waals surface area contributed by atoms with E-state index in [9.17, 15) is 9.59 Å². The average molecular weight is 197 g/mol. The molecular weight excluding hydrogens is 182 g/mol. The van der Waals surface area contributed by atoms with Crippen molar-refractivity contribution < 1.29 is 14.7 Å². The van der Waals surface area contributed by atoms with Crippen LogP contribution in [0.3, 0.4) is 0 Å². The van der Waals surface area contributed by atoms with Gasteiger partial charge in [0.1, 0.15) is 11.3 Å². The molecule has 0 spiro atoms. The number of aliphatic hydroxyl groups excluding tert-OH is 1. The van der Waals surface area contributed by atoms with E-state index in [1.807, 2.05) is 13.8 Å². The molecule has 0 unspecified atom stereocenters. The molecule has 2 N–H and O–H groups in total. The molecule has 0 saturated carbocycles. The molecule has 1 aliphatic rings. The number of rotatable bonds is 2. The first-order valence-corrected chi connectivity index (χ1v) is 4.74. The van der Waals surface area contributed by atoms with Crippen molar-refractivity contribution in [3.63, 3.8) is 0 Å². The molecule has 1 rings (SSSR count). The first kappa shape index (κ1) is 10.8. The topological polar surface area (TPSA) is 66.4 Å². The van der Waals surface area contributed by atoms with E-state index in [0.717, 1.165) is 6.42 Å². The van der Waals surface area contributed by atoms with Gasteiger partial charge in [0.15, 0.2) is 5.78 Å². The fraction of sp³-hybridized carbons (Fsp3) is 0.600. The van der Waals surface area contributed by atoms with Crippen molar-refractivity contribution in [1.29, 1.82) is 0 Å². The van der Waals surface area contributed by atoms with Crippen molar-refractivity contribution in [3.8, 4) is 0 Å². The maximum absolute atomic E-state index is 11.7. The molecular formula is C10H15NO3. The van der Waals surface area contributed by atoms with Crippen molar-refractivity contribution in [1.82, 2.24) is 5.32 Å². The summed E-state index contributed by atoms with van der Waals surface area (Å²) in [5.41, 5.74) is -0.0877. The van der Waals surface area contributed by atoms with Crippen LogP contribution in [-0.4, -0.2) is 22.8 Å². The van der Waals surface area contributed by atoms with Gasteiger partial charge in [-0.15, -0.1) is 0 Å². The highest BCUT2D eigenvalue weighted by molar-refractivity contribution is 6.26. The molecule has 14 heavy (non-hydrogen) atoms. The predicted octanol–water partition coefficient (Wildman–Crippen LogP) is 0.932. The first-order valence-electron chi connectivity index (χ1n) is 4.74. The Labute approximate surface area is 83.0 Å². The summed E-state index contributed by atoms with van der Waals surface area (Å²) in [6.45, 7) is 5.21. The molecule has 2 atom stereocenters. The van der Waals surface area contributed by atoms with Crippen LogP contribution < -0.4 is 5.32 Å². The highest BCUT2D eigenvalue weighted by Gasteiger charge is 2.39. The zero-order valence-electron chi connectivity index (χ0n) is 8.63. The number of aliphatic hydroxyl groups is 1. The van der Waals surface area contributed by atoms with Crippen LogP contribution in [0.25, 0.3) is 0 Å². The third-order valence-corrected chi connectivity index (χ3v) is 2.62. The molecule has 0 bridgehead atoms. The maximum Gasteiger partial charge on any atom is 0.259 e. The number of carbonyl (C=O) groups excluding carboxylic acids is 2. The molecule has 1 saturated heterocycles. The summed E-state index contributed by atoms with van der Waals surface area (Å²) in [5.74, 6) is -0.841. The lowest BCUT2D eigenvalue weighted by Gasteiger charge is -2.14. The van der Waals surface area contributed by atoms with Gasteiger partial charge in [0, 0.05) is 0 Å². The average Bonchev–Trinajstić information content (AvgIpc) is 2.40. The van der Waals surface area contributed by atoms with E-state index >= 15 is 0 Å². The Morgan fingerprint density at radius 3 is 2.50 bits per heavy atom. The summed E-state index contributed by atoms with van der Waals surface area (Å²) in [6.07, 6.45) is 0.814. The van der Waals surface area contributed by atoms with Gasteiger partial charge in [0.25, 0.3) is 5.91 Å². The summed E-state index contributed by atoms with van der Waals surface area (Å²) in [6, 6.07) is -0.468. The van der Waals surface area contributed by atoms with E-state index in [1.54, 1.807) is 0 Å². The second kappa shape index (κ2) is 3.82. The summed E-state index contributed by atoms with van der Waals surface area (Å²) in [5, 5.41) is 11.7. The SMILES string of the molecule is CC[C@H](C)[C@@H]1NC(=O)C(=C(C)O)C1=O. The molecule has 1 heterocycles. The third kappa shape index (κ3) is 1.64. The van der Waals surface area contributed by atoms with Crippen LogP contribution in [-0.2, 0) is 9.59 Å². The van der Waals surface area contributed by atoms with Crippen LogP contribution in [0.5, 0.6) is 0 Å². The minimum atomic E-state index is -0.468. The van der Waals surface area contributed by atoms with Crippen LogP contribution in [0.15, 0.2) is 11.3 Å². The molecule has 0 aromatic heterocycles. The van der Waals surface area contributed by atoms with Gasteiger partial charge in [-0.3, -0.25) is 9.59 Å². The Kier molecular flexibility index (Phi) is 2.93. The summed E-state index contributed by atoms with van der Waals surface area (Å²) < 4.78 is 0. The zero-order valence-corrected chi connectivity index (χ0v) is 8.63. The van der Waals surface area contributed by atoms with Crippen LogP contribution in [0, 0.1) is 5.92 Å². The minimum Gasteiger partial charge on any atom is -0.512 e. The van der Waals surface area contributed by atoms with E-state index in [2.05, 4.69) is 5.32 Å². The second-order valence-electron chi connectivity index (χ2n) is 3.66. The molecule has 1 amide bonds. The summed E-state index contributed by atoms with van der Waals surface area (Å²) in [4.78, 5) is 23.0. The molecule has 1 fully saturated rings. The van der Waals surface area contributed by atoms with Gasteiger partial charge < -0.3 is 10.4 Å². The lowest BCUT2D eigenvalue weighted by atomic mass is 9.95. The molecule has 0 aromatic carbocycles. The Hall–Kier alpha value is -1.32. The number of carbonyl (C=O) groups is 2. The Balaban J connectivity index is 2.97. The van der Waals surface area contributed by atoms with Crippen molar-refractivity contribution in [2.75, 3.05) is 0 Å². The van der Waals surface area contributed by atoms with Gasteiger partial charge in [-0.25, -0.2) is 0 Å². The minimum absolute atomic E-state index is 0.0877. The van der Waals surface area contributed by atoms with Crippen LogP contribution in [0.4, 0.5) is 0 Å². The van der Waals surface area contributed by atoms with Gasteiger partial charge >= 0.3 is 0 Å². The maximum atomic E-state index is 11.7. The van der Waals surface area contributed by atoms with Gasteiger partial charge in [-0.1, -0.05) is 20.3 Å². The largest absolute Gasteiger partial charge is 0.512 e. The van der Waals surface area contributed by atoms with Crippen molar-refractivity contribution in [3.05, 3.63) is 11.3 Å². The van der Waals surface area contributed by atoms with E-state index in [4.69, 9.17) is 5.11 Å². The van der Waals surface area contributed by atoms with Crippen LogP contribution in [0.2, 0.25) is 0 Å². The fourth-order valence-electron chi connectivity index (χ4n) is 1.53. The van der Waals surface area contributed by atoms with Gasteiger partial charge in [-0.05, 0) is 12.8 Å². The molecule has 1 aliphatic heterocycles. The summed E-state index contributed by atoms with van der Waals surface area (Å²) >= 11 is 0. The predicted molar refractivity (Wildman–Crippen MR) is 51.7 cm³/mol. The number of amides is 1. The van der Waals surface area contributed by atoms with E-state index in [0.29, 0.717) is 0 Å². The molecule has 0 aromatic rings. The van der Waals surface area contributed by atoms with Gasteiger partial charge in [0.05, 0.1) is 6.04 Å². The molecule has 0 aliphatic carbocycles. The number of hydrogen-bond donors (Lipinski definition) is 2. The Morgan fingerprint density at radius 2 is 2.14 bits per heavy atom. The van der Waals surface area contributed by atoms with Crippen molar-refractivity contribution >= 4 is 11.7 Å². The number of hydrogen-bond acceptors (Lipinski definition) is 3. The Bertz CT molecular complexity index is 302. The molecule has 4 nitrogen and oxygen atoms in total. The highest BCUT2D eigenvalue weighted by atomic mass is 16.3. The Morgan fingerprint density at radius 1 is 1.57 bits per heavy atom.